The van der Waals surface area contributed by atoms with Gasteiger partial charge in [0.05, 0.1) is 6.10 Å². The molecule has 0 unspecified atom stereocenters. The van der Waals surface area contributed by atoms with Crippen LogP contribution in [-0.2, 0) is 6.54 Å². The standard InChI is InChI=1S/C22H21FN2O2/c23-18-7-5-16(6-8-18)17-9-15(11-24-13-17)12-25-14-19-10-21(26)20-3-1-2-4-22(20)27-19/h1-9,11,13,19,21,25-26H,10,12,14H2/t19-,21+/m1/s1. The minimum atomic E-state index is -0.495. The molecule has 2 heterocycles. The van der Waals surface area contributed by atoms with E-state index in [1.807, 2.05) is 36.5 Å². The molecule has 0 radical (unpaired) electrons. The highest BCUT2D eigenvalue weighted by Gasteiger charge is 2.26. The number of fused-ring (bicyclic) bond motifs is 1. The highest BCUT2D eigenvalue weighted by atomic mass is 19.1. The number of hydrogen-bond acceptors (Lipinski definition) is 4. The summed E-state index contributed by atoms with van der Waals surface area (Å²) < 4.78 is 19.1. The zero-order valence-corrected chi connectivity index (χ0v) is 14.8. The van der Waals surface area contributed by atoms with Crippen LogP contribution in [0.4, 0.5) is 4.39 Å². The van der Waals surface area contributed by atoms with Crippen molar-refractivity contribution >= 4 is 0 Å². The molecule has 0 saturated heterocycles. The molecule has 1 aromatic heterocycles. The Morgan fingerprint density at radius 1 is 1.07 bits per heavy atom. The second-order valence-corrected chi connectivity index (χ2v) is 6.75. The van der Waals surface area contributed by atoms with Crippen molar-refractivity contribution in [1.29, 1.82) is 0 Å². The molecule has 5 heteroatoms. The molecule has 3 aromatic rings. The minimum absolute atomic E-state index is 0.0804. The Balaban J connectivity index is 1.36. The van der Waals surface area contributed by atoms with Crippen LogP contribution in [0.25, 0.3) is 11.1 Å². The Kier molecular flexibility index (Phi) is 5.14. The Bertz CT molecular complexity index is 914. The topological polar surface area (TPSA) is 54.4 Å². The molecule has 27 heavy (non-hydrogen) atoms. The van der Waals surface area contributed by atoms with Gasteiger partial charge in [0.25, 0.3) is 0 Å². The Hall–Kier alpha value is -2.76. The number of aliphatic hydroxyl groups is 1. The highest BCUT2D eigenvalue weighted by molar-refractivity contribution is 5.62. The molecule has 4 rings (SSSR count). The summed E-state index contributed by atoms with van der Waals surface area (Å²) in [6.45, 7) is 1.27. The Labute approximate surface area is 157 Å². The van der Waals surface area contributed by atoms with E-state index in [0.717, 1.165) is 28.0 Å². The number of para-hydroxylation sites is 1. The monoisotopic (exact) mass is 364 g/mol. The van der Waals surface area contributed by atoms with Gasteiger partial charge in [0.2, 0.25) is 0 Å². The summed E-state index contributed by atoms with van der Waals surface area (Å²) in [7, 11) is 0. The first-order valence-electron chi connectivity index (χ1n) is 9.03. The summed E-state index contributed by atoms with van der Waals surface area (Å²) in [6.07, 6.45) is 3.58. The van der Waals surface area contributed by atoms with Crippen molar-refractivity contribution in [1.82, 2.24) is 10.3 Å². The quantitative estimate of drug-likeness (QED) is 0.722. The third-order valence-corrected chi connectivity index (χ3v) is 4.73. The average Bonchev–Trinajstić information content (AvgIpc) is 2.69. The summed E-state index contributed by atoms with van der Waals surface area (Å²) >= 11 is 0. The van der Waals surface area contributed by atoms with Gasteiger partial charge in [-0.3, -0.25) is 4.98 Å². The van der Waals surface area contributed by atoms with Gasteiger partial charge in [-0.25, -0.2) is 4.39 Å². The van der Waals surface area contributed by atoms with Crippen LogP contribution < -0.4 is 10.1 Å². The van der Waals surface area contributed by atoms with Gasteiger partial charge in [-0.05, 0) is 35.4 Å². The minimum Gasteiger partial charge on any atom is -0.489 e. The lowest BCUT2D eigenvalue weighted by molar-refractivity contribution is 0.0657. The fourth-order valence-corrected chi connectivity index (χ4v) is 3.35. The van der Waals surface area contributed by atoms with Gasteiger partial charge in [-0.15, -0.1) is 0 Å². The molecule has 2 N–H and O–H groups in total. The molecule has 0 spiro atoms. The van der Waals surface area contributed by atoms with Gasteiger partial charge in [-0.2, -0.15) is 0 Å². The summed E-state index contributed by atoms with van der Waals surface area (Å²) in [5, 5.41) is 13.7. The molecule has 0 aliphatic carbocycles. The third-order valence-electron chi connectivity index (χ3n) is 4.73. The largest absolute Gasteiger partial charge is 0.489 e. The number of pyridine rings is 1. The van der Waals surface area contributed by atoms with Crippen LogP contribution in [0.15, 0.2) is 67.0 Å². The van der Waals surface area contributed by atoms with E-state index in [0.29, 0.717) is 19.5 Å². The van der Waals surface area contributed by atoms with Crippen LogP contribution in [-0.4, -0.2) is 22.7 Å². The predicted octanol–water partition coefficient (Wildman–Crippen LogP) is 3.86. The number of benzene rings is 2. The molecule has 0 bridgehead atoms. The maximum absolute atomic E-state index is 13.1. The van der Waals surface area contributed by atoms with Crippen LogP contribution in [0.3, 0.4) is 0 Å². The summed E-state index contributed by atoms with van der Waals surface area (Å²) in [5.41, 5.74) is 3.77. The maximum atomic E-state index is 13.1. The van der Waals surface area contributed by atoms with E-state index in [9.17, 15) is 9.50 Å². The number of aromatic nitrogens is 1. The number of rotatable bonds is 5. The van der Waals surface area contributed by atoms with Crippen LogP contribution in [0.5, 0.6) is 5.75 Å². The van der Waals surface area contributed by atoms with E-state index in [-0.39, 0.29) is 11.9 Å². The van der Waals surface area contributed by atoms with Gasteiger partial charge in [0.1, 0.15) is 17.7 Å². The lowest BCUT2D eigenvalue weighted by Gasteiger charge is -2.29. The molecular weight excluding hydrogens is 343 g/mol. The van der Waals surface area contributed by atoms with Crippen molar-refractivity contribution in [2.75, 3.05) is 6.54 Å². The van der Waals surface area contributed by atoms with Crippen molar-refractivity contribution in [2.45, 2.75) is 25.2 Å². The van der Waals surface area contributed by atoms with Crippen molar-refractivity contribution in [3.63, 3.8) is 0 Å². The SMILES string of the molecule is O[C@H]1C[C@H](CNCc2cncc(-c3ccc(F)cc3)c2)Oc2ccccc21. The molecule has 138 valence electrons. The fourth-order valence-electron chi connectivity index (χ4n) is 3.35. The highest BCUT2D eigenvalue weighted by Crippen LogP contribution is 2.34. The molecule has 2 atom stereocenters. The van der Waals surface area contributed by atoms with Crippen LogP contribution >= 0.6 is 0 Å². The second-order valence-electron chi connectivity index (χ2n) is 6.75. The number of halogens is 1. The van der Waals surface area contributed by atoms with Gasteiger partial charge >= 0.3 is 0 Å². The molecule has 0 fully saturated rings. The zero-order valence-electron chi connectivity index (χ0n) is 14.8. The number of hydrogen-bond donors (Lipinski definition) is 2. The average molecular weight is 364 g/mol. The van der Waals surface area contributed by atoms with E-state index < -0.39 is 6.10 Å². The third kappa shape index (κ3) is 4.15. The maximum Gasteiger partial charge on any atom is 0.125 e. The zero-order chi connectivity index (χ0) is 18.6. The van der Waals surface area contributed by atoms with Crippen LogP contribution in [0.1, 0.15) is 23.7 Å². The Morgan fingerprint density at radius 3 is 2.74 bits per heavy atom. The molecule has 1 aliphatic heterocycles. The van der Waals surface area contributed by atoms with E-state index in [1.165, 1.54) is 12.1 Å². The first kappa shape index (κ1) is 17.6. The number of nitrogens with zero attached hydrogens (tertiary/aromatic N) is 1. The first-order chi connectivity index (χ1) is 13.2. The van der Waals surface area contributed by atoms with Crippen LogP contribution in [0, 0.1) is 5.82 Å². The normalized spacial score (nSPS) is 18.6. The lowest BCUT2D eigenvalue weighted by atomic mass is 9.99. The second kappa shape index (κ2) is 7.86. The molecule has 0 saturated carbocycles. The van der Waals surface area contributed by atoms with Gasteiger partial charge in [-0.1, -0.05) is 30.3 Å². The van der Waals surface area contributed by atoms with Gasteiger partial charge in [0.15, 0.2) is 0 Å². The van der Waals surface area contributed by atoms with Crippen molar-refractivity contribution in [2.24, 2.45) is 0 Å². The number of nitrogens with one attached hydrogen (secondary N) is 1. The summed E-state index contributed by atoms with van der Waals surface area (Å²) in [6, 6.07) is 16.0. The van der Waals surface area contributed by atoms with Crippen molar-refractivity contribution in [3.05, 3.63) is 83.9 Å². The van der Waals surface area contributed by atoms with Crippen LogP contribution in [0.2, 0.25) is 0 Å². The Morgan fingerprint density at radius 2 is 1.89 bits per heavy atom. The van der Waals surface area contributed by atoms with Crippen molar-refractivity contribution < 1.29 is 14.2 Å². The lowest BCUT2D eigenvalue weighted by Crippen LogP contribution is -2.35. The van der Waals surface area contributed by atoms with E-state index in [2.05, 4.69) is 10.3 Å². The number of aliphatic hydroxyl groups excluding tert-OH is 1. The smallest absolute Gasteiger partial charge is 0.125 e. The van der Waals surface area contributed by atoms with E-state index in [1.54, 1.807) is 18.3 Å². The molecule has 2 aromatic carbocycles. The molecule has 1 aliphatic rings. The van der Waals surface area contributed by atoms with E-state index in [4.69, 9.17) is 4.74 Å². The summed E-state index contributed by atoms with van der Waals surface area (Å²) in [5.74, 6) is 0.504. The number of ether oxygens (including phenoxy) is 1. The molecule has 0 amide bonds. The predicted molar refractivity (Wildman–Crippen MR) is 102 cm³/mol. The molecule has 4 nitrogen and oxygen atoms in total. The fraction of sp³-hybridized carbons (Fsp3) is 0.227. The van der Waals surface area contributed by atoms with Crippen molar-refractivity contribution in [3.8, 4) is 16.9 Å². The van der Waals surface area contributed by atoms with E-state index >= 15 is 0 Å². The van der Waals surface area contributed by atoms with Gasteiger partial charge in [0, 0.05) is 43.0 Å². The molecular formula is C22H21FN2O2. The van der Waals surface area contributed by atoms with Gasteiger partial charge < -0.3 is 15.2 Å². The summed E-state index contributed by atoms with van der Waals surface area (Å²) in [4.78, 5) is 4.29. The first-order valence-corrected chi connectivity index (χ1v) is 9.03.